The number of benzene rings is 1. The van der Waals surface area contributed by atoms with Gasteiger partial charge in [-0.15, -0.1) is 0 Å². The molecule has 3 N–H and O–H groups in total. The minimum Gasteiger partial charge on any atom is -0.445 e. The standard InChI is InChI=1S/C18H23N3O5/c1-12(22)14(20-17(25)26-10-13-6-3-2-4-7-13)15(23)21-9-5-8-18(21)11-19-16(18)24/h2-4,6-7,12,14,22H,5,8-11H2,1H3,(H,19,24)(H,20,25)/t12-,14+,18?/m1/s1. The topological polar surface area (TPSA) is 108 Å². The molecule has 1 unspecified atom stereocenters. The Hall–Kier alpha value is -2.61. The summed E-state index contributed by atoms with van der Waals surface area (Å²) in [5, 5.41) is 15.1. The molecule has 3 atom stereocenters. The molecule has 8 heteroatoms. The molecular formula is C18H23N3O5. The Kier molecular flexibility index (Phi) is 5.13. The summed E-state index contributed by atoms with van der Waals surface area (Å²) in [5.74, 6) is -0.650. The molecule has 2 heterocycles. The molecule has 0 aromatic heterocycles. The minimum absolute atomic E-state index is 0.0590. The van der Waals surface area contributed by atoms with Crippen LogP contribution >= 0.6 is 0 Å². The van der Waals surface area contributed by atoms with Crippen LogP contribution in [0.15, 0.2) is 30.3 Å². The van der Waals surface area contributed by atoms with Crippen LogP contribution in [0, 0.1) is 0 Å². The van der Waals surface area contributed by atoms with E-state index in [0.717, 1.165) is 5.56 Å². The average molecular weight is 361 g/mol. The molecule has 2 aliphatic rings. The minimum atomic E-state index is -1.17. The summed E-state index contributed by atoms with van der Waals surface area (Å²) in [6, 6.07) is 7.97. The van der Waals surface area contributed by atoms with E-state index in [9.17, 15) is 19.5 Å². The average Bonchev–Trinajstić information content (AvgIpc) is 3.11. The summed E-state index contributed by atoms with van der Waals surface area (Å²) in [4.78, 5) is 38.4. The van der Waals surface area contributed by atoms with Crippen LogP contribution < -0.4 is 10.6 Å². The van der Waals surface area contributed by atoms with Crippen molar-refractivity contribution in [2.75, 3.05) is 13.1 Å². The van der Waals surface area contributed by atoms with Crippen LogP contribution in [0.1, 0.15) is 25.3 Å². The van der Waals surface area contributed by atoms with E-state index in [4.69, 9.17) is 4.74 Å². The quantitative estimate of drug-likeness (QED) is 0.647. The number of nitrogens with zero attached hydrogens (tertiary/aromatic N) is 1. The Morgan fingerprint density at radius 3 is 2.69 bits per heavy atom. The number of amides is 3. The third kappa shape index (κ3) is 3.37. The number of ether oxygens (including phenoxy) is 1. The molecule has 0 aliphatic carbocycles. The number of hydrogen-bond acceptors (Lipinski definition) is 5. The van der Waals surface area contributed by atoms with Crippen molar-refractivity contribution in [2.24, 2.45) is 0 Å². The maximum absolute atomic E-state index is 12.9. The number of aliphatic hydroxyl groups excluding tert-OH is 1. The van der Waals surface area contributed by atoms with Crippen molar-refractivity contribution < 1.29 is 24.2 Å². The molecule has 1 aromatic rings. The first-order valence-electron chi connectivity index (χ1n) is 8.69. The van der Waals surface area contributed by atoms with Gasteiger partial charge in [0.2, 0.25) is 11.8 Å². The van der Waals surface area contributed by atoms with Crippen molar-refractivity contribution in [1.29, 1.82) is 0 Å². The van der Waals surface area contributed by atoms with Crippen LogP contribution in [0.5, 0.6) is 0 Å². The van der Waals surface area contributed by atoms with Gasteiger partial charge >= 0.3 is 6.09 Å². The Morgan fingerprint density at radius 2 is 2.12 bits per heavy atom. The van der Waals surface area contributed by atoms with Gasteiger partial charge in [0.05, 0.1) is 6.10 Å². The van der Waals surface area contributed by atoms with E-state index >= 15 is 0 Å². The lowest BCUT2D eigenvalue weighted by molar-refractivity contribution is -0.154. The predicted octanol–water partition coefficient (Wildman–Crippen LogP) is 0.153. The number of carbonyl (C=O) groups excluding carboxylic acids is 3. The number of nitrogens with one attached hydrogen (secondary N) is 2. The number of β-lactam (4-membered cyclic amide) rings is 1. The van der Waals surface area contributed by atoms with Crippen LogP contribution in [0.2, 0.25) is 0 Å². The maximum atomic E-state index is 12.9. The zero-order chi connectivity index (χ0) is 18.7. The fourth-order valence-electron chi connectivity index (χ4n) is 3.43. The van der Waals surface area contributed by atoms with Crippen molar-refractivity contribution in [3.05, 3.63) is 35.9 Å². The first kappa shape index (κ1) is 18.2. The Bertz CT molecular complexity index is 693. The number of carbonyl (C=O) groups is 3. The Morgan fingerprint density at radius 1 is 1.38 bits per heavy atom. The fraction of sp³-hybridized carbons (Fsp3) is 0.500. The summed E-state index contributed by atoms with van der Waals surface area (Å²) in [5.41, 5.74) is -0.0213. The lowest BCUT2D eigenvalue weighted by Gasteiger charge is -2.45. The highest BCUT2D eigenvalue weighted by Gasteiger charge is 2.56. The first-order chi connectivity index (χ1) is 12.4. The van der Waals surface area contributed by atoms with Crippen molar-refractivity contribution >= 4 is 17.9 Å². The fourth-order valence-corrected chi connectivity index (χ4v) is 3.43. The smallest absolute Gasteiger partial charge is 0.408 e. The number of likely N-dealkylation sites (tertiary alicyclic amines) is 1. The van der Waals surface area contributed by atoms with Gasteiger partial charge in [0.15, 0.2) is 0 Å². The molecular weight excluding hydrogens is 338 g/mol. The summed E-state index contributed by atoms with van der Waals surface area (Å²) < 4.78 is 5.12. The molecule has 3 amide bonds. The van der Waals surface area contributed by atoms with Gasteiger partial charge in [0.25, 0.3) is 0 Å². The van der Waals surface area contributed by atoms with E-state index in [-0.39, 0.29) is 12.5 Å². The normalized spacial score (nSPS) is 23.8. The molecule has 2 saturated heterocycles. The molecule has 3 rings (SSSR count). The maximum Gasteiger partial charge on any atom is 0.408 e. The van der Waals surface area contributed by atoms with Crippen molar-refractivity contribution in [3.63, 3.8) is 0 Å². The number of hydrogen-bond donors (Lipinski definition) is 3. The summed E-state index contributed by atoms with van der Waals surface area (Å²) in [7, 11) is 0. The van der Waals surface area contributed by atoms with Gasteiger partial charge in [-0.25, -0.2) is 4.79 Å². The summed E-state index contributed by atoms with van der Waals surface area (Å²) in [6.07, 6.45) is -0.605. The van der Waals surface area contributed by atoms with Crippen LogP contribution in [0.4, 0.5) is 4.79 Å². The molecule has 2 fully saturated rings. The van der Waals surface area contributed by atoms with Crippen molar-refractivity contribution in [2.45, 2.75) is 44.1 Å². The highest BCUT2D eigenvalue weighted by atomic mass is 16.5. The molecule has 2 aliphatic heterocycles. The van der Waals surface area contributed by atoms with Crippen LogP contribution in [0.25, 0.3) is 0 Å². The van der Waals surface area contributed by atoms with Gasteiger partial charge in [-0.1, -0.05) is 30.3 Å². The second-order valence-electron chi connectivity index (χ2n) is 6.73. The number of aliphatic hydroxyl groups is 1. The second kappa shape index (κ2) is 7.33. The summed E-state index contributed by atoms with van der Waals surface area (Å²) >= 11 is 0. The van der Waals surface area contributed by atoms with Crippen LogP contribution in [-0.2, 0) is 20.9 Å². The van der Waals surface area contributed by atoms with E-state index in [2.05, 4.69) is 10.6 Å². The van der Waals surface area contributed by atoms with Gasteiger partial charge in [-0.2, -0.15) is 0 Å². The molecule has 26 heavy (non-hydrogen) atoms. The van der Waals surface area contributed by atoms with E-state index in [1.165, 1.54) is 11.8 Å². The highest BCUT2D eigenvalue weighted by molar-refractivity contribution is 5.98. The molecule has 0 saturated carbocycles. The van der Waals surface area contributed by atoms with E-state index in [1.54, 1.807) is 0 Å². The Labute approximate surface area is 151 Å². The third-order valence-corrected chi connectivity index (χ3v) is 4.95. The van der Waals surface area contributed by atoms with Gasteiger partial charge in [0, 0.05) is 13.1 Å². The van der Waals surface area contributed by atoms with E-state index < -0.39 is 29.7 Å². The molecule has 1 spiro atoms. The van der Waals surface area contributed by atoms with Crippen molar-refractivity contribution in [3.8, 4) is 0 Å². The zero-order valence-corrected chi connectivity index (χ0v) is 14.6. The van der Waals surface area contributed by atoms with E-state index in [1.807, 2.05) is 30.3 Å². The number of rotatable bonds is 5. The molecule has 1 aromatic carbocycles. The molecule has 140 valence electrons. The van der Waals surface area contributed by atoms with Crippen molar-refractivity contribution in [1.82, 2.24) is 15.5 Å². The molecule has 8 nitrogen and oxygen atoms in total. The van der Waals surface area contributed by atoms with Crippen LogP contribution in [0.3, 0.4) is 0 Å². The summed E-state index contributed by atoms with van der Waals surface area (Å²) in [6.45, 7) is 2.31. The lowest BCUT2D eigenvalue weighted by Crippen LogP contribution is -2.73. The number of alkyl carbamates (subject to hydrolysis) is 1. The van der Waals surface area contributed by atoms with Gasteiger partial charge in [0.1, 0.15) is 18.2 Å². The molecule has 0 bridgehead atoms. The van der Waals surface area contributed by atoms with Gasteiger partial charge < -0.3 is 25.4 Å². The van der Waals surface area contributed by atoms with Crippen LogP contribution in [-0.4, -0.2) is 58.7 Å². The molecule has 0 radical (unpaired) electrons. The highest BCUT2D eigenvalue weighted by Crippen LogP contribution is 2.34. The lowest BCUT2D eigenvalue weighted by atomic mass is 9.87. The largest absolute Gasteiger partial charge is 0.445 e. The second-order valence-corrected chi connectivity index (χ2v) is 6.73. The zero-order valence-electron chi connectivity index (χ0n) is 14.6. The third-order valence-electron chi connectivity index (χ3n) is 4.95. The Balaban J connectivity index is 1.62. The van der Waals surface area contributed by atoms with E-state index in [0.29, 0.717) is 25.9 Å². The SMILES string of the molecule is C[C@@H](O)[C@H](NC(=O)OCc1ccccc1)C(=O)N1CCCC12CNC2=O. The predicted molar refractivity (Wildman–Crippen MR) is 91.9 cm³/mol. The monoisotopic (exact) mass is 361 g/mol. The van der Waals surface area contributed by atoms with Gasteiger partial charge in [-0.3, -0.25) is 9.59 Å². The van der Waals surface area contributed by atoms with Gasteiger partial charge in [-0.05, 0) is 25.3 Å². The first-order valence-corrected chi connectivity index (χ1v) is 8.69.